The number of nitriles is 1. The highest BCUT2D eigenvalue weighted by Gasteiger charge is 2.36. The van der Waals surface area contributed by atoms with Gasteiger partial charge in [-0.3, -0.25) is 4.79 Å². The number of hydrogen-bond acceptors (Lipinski definition) is 3. The predicted molar refractivity (Wildman–Crippen MR) is 77.8 cm³/mol. The summed E-state index contributed by atoms with van der Waals surface area (Å²) in [6, 6.07) is 3.80. The molecule has 0 bridgehead atoms. The molecule has 6 heteroatoms. The van der Waals surface area contributed by atoms with E-state index in [0.29, 0.717) is 33.0 Å². The average Bonchev–Trinajstić information content (AvgIpc) is 2.72. The number of rotatable bonds is 2. The third-order valence-corrected chi connectivity index (χ3v) is 5.08. The van der Waals surface area contributed by atoms with Crippen molar-refractivity contribution in [1.82, 2.24) is 5.32 Å². The number of thiophene rings is 1. The fourth-order valence-electron chi connectivity index (χ4n) is 2.30. The lowest BCUT2D eigenvalue weighted by Crippen LogP contribution is -2.49. The molecule has 1 aliphatic carbocycles. The molecule has 0 aromatic carbocycles. The van der Waals surface area contributed by atoms with E-state index in [1.807, 2.05) is 0 Å². The van der Waals surface area contributed by atoms with E-state index in [2.05, 4.69) is 18.3 Å². The van der Waals surface area contributed by atoms with Crippen molar-refractivity contribution < 1.29 is 4.79 Å². The third-order valence-electron chi connectivity index (χ3n) is 3.60. The quantitative estimate of drug-likeness (QED) is 0.886. The summed E-state index contributed by atoms with van der Waals surface area (Å²) in [5.74, 6) is 0.293. The van der Waals surface area contributed by atoms with Crippen LogP contribution < -0.4 is 5.32 Å². The predicted octanol–water partition coefficient (Wildman–Crippen LogP) is 4.26. The fourth-order valence-corrected chi connectivity index (χ4v) is 3.76. The second-order valence-corrected chi connectivity index (χ2v) is 7.35. The van der Waals surface area contributed by atoms with Crippen LogP contribution in [0.3, 0.4) is 0 Å². The maximum atomic E-state index is 12.2. The smallest absolute Gasteiger partial charge is 0.254 e. The number of amides is 1. The molecular weight excluding hydrogens is 303 g/mol. The van der Waals surface area contributed by atoms with Gasteiger partial charge < -0.3 is 5.32 Å². The molecule has 102 valence electrons. The van der Waals surface area contributed by atoms with E-state index in [1.54, 1.807) is 6.07 Å². The van der Waals surface area contributed by atoms with Crippen molar-refractivity contribution >= 4 is 40.4 Å². The summed E-state index contributed by atoms with van der Waals surface area (Å²) in [6.45, 7) is 2.17. The minimum absolute atomic E-state index is 0.316. The molecule has 1 aromatic rings. The van der Waals surface area contributed by atoms with Crippen LogP contribution in [0, 0.1) is 17.2 Å². The third kappa shape index (κ3) is 3.22. The number of halogens is 2. The lowest BCUT2D eigenvalue weighted by Gasteiger charge is -2.34. The van der Waals surface area contributed by atoms with Gasteiger partial charge in [-0.15, -0.1) is 11.3 Å². The van der Waals surface area contributed by atoms with E-state index in [-0.39, 0.29) is 5.91 Å². The number of hydrogen-bond donors (Lipinski definition) is 1. The number of nitrogens with zero attached hydrogens (tertiary/aromatic N) is 1. The monoisotopic (exact) mass is 316 g/mol. The van der Waals surface area contributed by atoms with Gasteiger partial charge in [0.05, 0.1) is 16.0 Å². The van der Waals surface area contributed by atoms with E-state index in [9.17, 15) is 10.1 Å². The van der Waals surface area contributed by atoms with Crippen LogP contribution in [0.5, 0.6) is 0 Å². The zero-order chi connectivity index (χ0) is 14.0. The molecular formula is C13H14Cl2N2OS. The molecule has 2 rings (SSSR count). The maximum Gasteiger partial charge on any atom is 0.254 e. The molecule has 1 N–H and O–H groups in total. The number of nitrogens with one attached hydrogen (secondary N) is 1. The zero-order valence-electron chi connectivity index (χ0n) is 10.5. The molecule has 1 aliphatic rings. The number of carbonyl (C=O) groups is 1. The Morgan fingerprint density at radius 1 is 1.53 bits per heavy atom. The molecule has 0 saturated heterocycles. The van der Waals surface area contributed by atoms with Crippen LogP contribution >= 0.6 is 34.5 Å². The molecule has 0 spiro atoms. The highest BCUT2D eigenvalue weighted by atomic mass is 35.5. The Kier molecular flexibility index (Phi) is 4.39. The Hall–Kier alpha value is -0.760. The summed E-state index contributed by atoms with van der Waals surface area (Å²) in [5, 5.41) is 12.2. The molecule has 1 fully saturated rings. The molecule has 0 radical (unpaired) electrons. The summed E-state index contributed by atoms with van der Waals surface area (Å²) in [6.07, 6.45) is 3.27. The first-order chi connectivity index (χ1) is 8.96. The fraction of sp³-hybridized carbons (Fsp3) is 0.538. The average molecular weight is 317 g/mol. The van der Waals surface area contributed by atoms with Crippen molar-refractivity contribution in [3.05, 3.63) is 20.3 Å². The van der Waals surface area contributed by atoms with Crippen molar-refractivity contribution in [2.75, 3.05) is 0 Å². The molecule has 0 aliphatic heterocycles. The summed E-state index contributed by atoms with van der Waals surface area (Å²) in [4.78, 5) is 12.2. The van der Waals surface area contributed by atoms with Crippen LogP contribution in [0.1, 0.15) is 43.0 Å². The van der Waals surface area contributed by atoms with E-state index < -0.39 is 5.54 Å². The number of carbonyl (C=O) groups excluding carboxylic acids is 1. The first-order valence-electron chi connectivity index (χ1n) is 6.14. The molecule has 1 amide bonds. The summed E-state index contributed by atoms with van der Waals surface area (Å²) in [7, 11) is 0. The van der Waals surface area contributed by atoms with Crippen molar-refractivity contribution in [2.24, 2.45) is 5.92 Å². The highest BCUT2D eigenvalue weighted by molar-refractivity contribution is 7.20. The van der Waals surface area contributed by atoms with Crippen LogP contribution in [-0.2, 0) is 0 Å². The van der Waals surface area contributed by atoms with Gasteiger partial charge in [0, 0.05) is 0 Å². The van der Waals surface area contributed by atoms with Crippen molar-refractivity contribution in [3.8, 4) is 6.07 Å². The van der Waals surface area contributed by atoms with Crippen molar-refractivity contribution in [1.29, 1.82) is 5.26 Å². The Morgan fingerprint density at radius 3 is 2.63 bits per heavy atom. The maximum absolute atomic E-state index is 12.2. The first-order valence-corrected chi connectivity index (χ1v) is 7.71. The van der Waals surface area contributed by atoms with E-state index in [1.165, 1.54) is 0 Å². The Labute approximate surface area is 126 Å². The standard InChI is InChI=1S/C13H14Cl2N2OS/c1-8-2-4-13(7-16,5-3-8)17-12(18)9-6-10(14)19-11(9)15/h6,8H,2-5H2,1H3,(H,17,18). The summed E-state index contributed by atoms with van der Waals surface area (Å²) < 4.78 is 0.832. The highest BCUT2D eigenvalue weighted by Crippen LogP contribution is 2.34. The van der Waals surface area contributed by atoms with Crippen molar-refractivity contribution in [3.63, 3.8) is 0 Å². The Bertz CT molecular complexity index is 527. The Balaban J connectivity index is 2.13. The van der Waals surface area contributed by atoms with Crippen molar-refractivity contribution in [2.45, 2.75) is 38.1 Å². The molecule has 0 atom stereocenters. The van der Waals surface area contributed by atoms with Crippen LogP contribution in [0.15, 0.2) is 6.07 Å². The van der Waals surface area contributed by atoms with Crippen LogP contribution in [0.25, 0.3) is 0 Å². The molecule has 1 heterocycles. The topological polar surface area (TPSA) is 52.9 Å². The minimum atomic E-state index is -0.763. The second kappa shape index (κ2) is 5.70. The van der Waals surface area contributed by atoms with Gasteiger partial charge in [-0.05, 0) is 37.7 Å². The summed E-state index contributed by atoms with van der Waals surface area (Å²) >= 11 is 12.9. The molecule has 19 heavy (non-hydrogen) atoms. The second-order valence-electron chi connectivity index (χ2n) is 5.07. The minimum Gasteiger partial charge on any atom is -0.334 e. The van der Waals surface area contributed by atoms with Crippen LogP contribution in [0.2, 0.25) is 8.67 Å². The van der Waals surface area contributed by atoms with Gasteiger partial charge >= 0.3 is 0 Å². The van der Waals surface area contributed by atoms with Gasteiger partial charge in [-0.25, -0.2) is 0 Å². The lowest BCUT2D eigenvalue weighted by molar-refractivity contribution is 0.0894. The van der Waals surface area contributed by atoms with E-state index >= 15 is 0 Å². The zero-order valence-corrected chi connectivity index (χ0v) is 12.8. The van der Waals surface area contributed by atoms with Gasteiger partial charge in [0.1, 0.15) is 9.88 Å². The lowest BCUT2D eigenvalue weighted by atomic mass is 9.78. The SMILES string of the molecule is CC1CCC(C#N)(NC(=O)c2cc(Cl)sc2Cl)CC1. The van der Waals surface area contributed by atoms with Gasteiger partial charge in [0.15, 0.2) is 0 Å². The van der Waals surface area contributed by atoms with E-state index in [4.69, 9.17) is 23.2 Å². The normalized spacial score (nSPS) is 26.7. The van der Waals surface area contributed by atoms with Gasteiger partial charge in [-0.2, -0.15) is 5.26 Å². The molecule has 3 nitrogen and oxygen atoms in total. The van der Waals surface area contributed by atoms with E-state index in [0.717, 1.165) is 24.2 Å². The molecule has 1 saturated carbocycles. The Morgan fingerprint density at radius 2 is 2.16 bits per heavy atom. The van der Waals surface area contributed by atoms with Crippen LogP contribution in [0.4, 0.5) is 0 Å². The van der Waals surface area contributed by atoms with Gasteiger partial charge in [0.25, 0.3) is 5.91 Å². The molecule has 1 aromatic heterocycles. The largest absolute Gasteiger partial charge is 0.334 e. The molecule has 0 unspecified atom stereocenters. The van der Waals surface area contributed by atoms with Crippen LogP contribution in [-0.4, -0.2) is 11.4 Å². The first kappa shape index (κ1) is 14.6. The van der Waals surface area contributed by atoms with Gasteiger partial charge in [-0.1, -0.05) is 30.1 Å². The summed E-state index contributed by atoms with van der Waals surface area (Å²) in [5.41, 5.74) is -0.411. The van der Waals surface area contributed by atoms with Gasteiger partial charge in [0.2, 0.25) is 0 Å².